The molecule has 1 aliphatic carbocycles. The van der Waals surface area contributed by atoms with Crippen molar-refractivity contribution < 1.29 is 19.1 Å². The van der Waals surface area contributed by atoms with Crippen molar-refractivity contribution in [3.05, 3.63) is 35.8 Å². The molecule has 0 aromatic rings. The van der Waals surface area contributed by atoms with Gasteiger partial charge in [0.05, 0.1) is 0 Å². The van der Waals surface area contributed by atoms with E-state index in [0.717, 1.165) is 31.4 Å². The molecule has 0 aliphatic heterocycles. The minimum Gasteiger partial charge on any atom is -0.481 e. The normalized spacial score (nSPS) is 14.1. The number of aliphatic carboxylic acids is 1. The van der Waals surface area contributed by atoms with Gasteiger partial charge in [-0.25, -0.2) is 4.39 Å². The molecule has 1 N–H and O–H groups in total. The van der Waals surface area contributed by atoms with Gasteiger partial charge in [-0.3, -0.25) is 9.59 Å². The second-order valence-electron chi connectivity index (χ2n) is 5.40. The lowest BCUT2D eigenvalue weighted by Crippen LogP contribution is -2.25. The van der Waals surface area contributed by atoms with Crippen molar-refractivity contribution in [1.29, 1.82) is 0 Å². The van der Waals surface area contributed by atoms with E-state index < -0.39 is 5.97 Å². The Hall–Kier alpha value is -1.91. The Labute approximate surface area is 131 Å². The molecule has 0 saturated carbocycles. The maximum absolute atomic E-state index is 13.1. The van der Waals surface area contributed by atoms with Gasteiger partial charge >= 0.3 is 5.97 Å². The number of carboxylic acids is 1. The molecule has 0 fully saturated rings. The van der Waals surface area contributed by atoms with Crippen LogP contribution < -0.4 is 0 Å². The van der Waals surface area contributed by atoms with Crippen LogP contribution in [0.25, 0.3) is 0 Å². The van der Waals surface area contributed by atoms with Crippen LogP contribution in [-0.4, -0.2) is 28.9 Å². The molecule has 0 bridgehead atoms. The van der Waals surface area contributed by atoms with Crippen LogP contribution in [0.4, 0.5) is 4.39 Å². The minimum atomic E-state index is -0.757. The fraction of sp³-hybridized carbons (Fsp3) is 0.529. The fourth-order valence-electron chi connectivity index (χ4n) is 2.24. The number of amides is 1. The zero-order chi connectivity index (χ0) is 16.4. The number of nitrogens with zero attached hydrogens (tertiary/aromatic N) is 1. The highest BCUT2D eigenvalue weighted by Gasteiger charge is 2.12. The summed E-state index contributed by atoms with van der Waals surface area (Å²) in [5.41, 5.74) is 0.718. The molecule has 0 spiro atoms. The molecular weight excluding hydrogens is 285 g/mol. The van der Waals surface area contributed by atoms with E-state index in [1.165, 1.54) is 12.2 Å². The first-order valence-corrected chi connectivity index (χ1v) is 7.73. The van der Waals surface area contributed by atoms with Crippen molar-refractivity contribution in [3.8, 4) is 0 Å². The first kappa shape index (κ1) is 18.1. The monoisotopic (exact) mass is 309 g/mol. The number of likely N-dealkylation sites (N-methyl/N-ethyl adjacent to an activating group) is 1. The van der Waals surface area contributed by atoms with Crippen molar-refractivity contribution >= 4 is 11.9 Å². The highest BCUT2D eigenvalue weighted by Crippen LogP contribution is 2.16. The number of hydrogen-bond acceptors (Lipinski definition) is 2. The molecule has 1 rings (SSSR count). The third kappa shape index (κ3) is 7.20. The van der Waals surface area contributed by atoms with Crippen LogP contribution in [0.5, 0.6) is 0 Å². The molecule has 0 saturated heterocycles. The maximum Gasteiger partial charge on any atom is 0.303 e. The molecule has 0 aromatic heterocycles. The summed E-state index contributed by atoms with van der Waals surface area (Å²) in [5.74, 6) is -1.02. The highest BCUT2D eigenvalue weighted by molar-refractivity contribution is 5.78. The van der Waals surface area contributed by atoms with Crippen molar-refractivity contribution in [2.75, 3.05) is 7.05 Å². The molecule has 0 aromatic carbocycles. The lowest BCUT2D eigenvalue weighted by atomic mass is 10.1. The van der Waals surface area contributed by atoms with Crippen LogP contribution in [0.3, 0.4) is 0 Å². The third-order valence-electron chi connectivity index (χ3n) is 3.60. The smallest absolute Gasteiger partial charge is 0.303 e. The number of unbranched alkanes of at least 4 members (excludes halogenated alkanes) is 4. The Morgan fingerprint density at radius 3 is 2.41 bits per heavy atom. The number of carboxylic acid groups (broad SMARTS) is 1. The van der Waals surface area contributed by atoms with E-state index in [2.05, 4.69) is 0 Å². The zero-order valence-corrected chi connectivity index (χ0v) is 13.1. The van der Waals surface area contributed by atoms with E-state index in [1.54, 1.807) is 18.0 Å². The number of carbonyl (C=O) groups is 2. The molecule has 0 radical (unpaired) electrons. The zero-order valence-electron chi connectivity index (χ0n) is 13.1. The standard InChI is InChI=1S/C17H24FNO3/c1-19(15-9-7-8-14(18)12-13-15)16(20)10-5-3-2-4-6-11-17(21)22/h8-9,12-13H,2-7,10-11H2,1H3,(H,21,22). The van der Waals surface area contributed by atoms with Crippen molar-refractivity contribution in [3.63, 3.8) is 0 Å². The number of hydrogen-bond donors (Lipinski definition) is 1. The van der Waals surface area contributed by atoms with E-state index in [1.807, 2.05) is 6.08 Å². The quantitative estimate of drug-likeness (QED) is 0.656. The summed E-state index contributed by atoms with van der Waals surface area (Å²) >= 11 is 0. The van der Waals surface area contributed by atoms with Gasteiger partial charge in [0, 0.05) is 25.6 Å². The molecule has 0 atom stereocenters. The molecular formula is C17H24FNO3. The Morgan fingerprint density at radius 2 is 1.73 bits per heavy atom. The van der Waals surface area contributed by atoms with Crippen molar-refractivity contribution in [1.82, 2.24) is 4.90 Å². The fourth-order valence-corrected chi connectivity index (χ4v) is 2.24. The summed E-state index contributed by atoms with van der Waals surface area (Å²) in [4.78, 5) is 24.0. The molecule has 22 heavy (non-hydrogen) atoms. The van der Waals surface area contributed by atoms with Gasteiger partial charge < -0.3 is 10.0 Å². The summed E-state index contributed by atoms with van der Waals surface area (Å²) in [6, 6.07) is 0. The van der Waals surface area contributed by atoms with Crippen LogP contribution in [0.15, 0.2) is 35.8 Å². The molecule has 4 nitrogen and oxygen atoms in total. The van der Waals surface area contributed by atoms with E-state index in [0.29, 0.717) is 19.3 Å². The van der Waals surface area contributed by atoms with Crippen LogP contribution in [-0.2, 0) is 9.59 Å². The predicted molar refractivity (Wildman–Crippen MR) is 83.8 cm³/mol. The average Bonchev–Trinajstić information content (AvgIpc) is 2.69. The lowest BCUT2D eigenvalue weighted by molar-refractivity contribution is -0.137. The van der Waals surface area contributed by atoms with Gasteiger partial charge in [0.2, 0.25) is 5.91 Å². The van der Waals surface area contributed by atoms with E-state index >= 15 is 0 Å². The van der Waals surface area contributed by atoms with E-state index in [-0.39, 0.29) is 18.2 Å². The highest BCUT2D eigenvalue weighted by atomic mass is 19.1. The van der Waals surface area contributed by atoms with Crippen LogP contribution in [0.1, 0.15) is 51.4 Å². The number of allylic oxidation sites excluding steroid dienone is 5. The topological polar surface area (TPSA) is 57.6 Å². The first-order valence-electron chi connectivity index (χ1n) is 7.73. The summed E-state index contributed by atoms with van der Waals surface area (Å²) in [5, 5.41) is 8.52. The molecule has 1 amide bonds. The van der Waals surface area contributed by atoms with Gasteiger partial charge in [0.1, 0.15) is 5.83 Å². The summed E-state index contributed by atoms with van der Waals surface area (Å²) in [6.07, 6.45) is 11.7. The minimum absolute atomic E-state index is 0.0174. The Kier molecular flexibility index (Phi) is 8.18. The number of halogens is 1. The van der Waals surface area contributed by atoms with Gasteiger partial charge in [0.15, 0.2) is 0 Å². The summed E-state index contributed by atoms with van der Waals surface area (Å²) < 4.78 is 13.1. The van der Waals surface area contributed by atoms with Crippen LogP contribution in [0, 0.1) is 0 Å². The van der Waals surface area contributed by atoms with Crippen LogP contribution in [0.2, 0.25) is 0 Å². The second kappa shape index (κ2) is 9.92. The van der Waals surface area contributed by atoms with E-state index in [4.69, 9.17) is 5.11 Å². The lowest BCUT2D eigenvalue weighted by Gasteiger charge is -2.18. The van der Waals surface area contributed by atoms with Gasteiger partial charge in [-0.15, -0.1) is 0 Å². The van der Waals surface area contributed by atoms with Gasteiger partial charge in [-0.2, -0.15) is 0 Å². The van der Waals surface area contributed by atoms with Crippen molar-refractivity contribution in [2.24, 2.45) is 0 Å². The number of carbonyl (C=O) groups excluding carboxylic acids is 1. The molecule has 122 valence electrons. The molecule has 0 heterocycles. The van der Waals surface area contributed by atoms with Gasteiger partial charge in [0.25, 0.3) is 0 Å². The second-order valence-corrected chi connectivity index (χ2v) is 5.40. The van der Waals surface area contributed by atoms with Gasteiger partial charge in [-0.1, -0.05) is 25.3 Å². The molecule has 5 heteroatoms. The Bertz CT molecular complexity index is 480. The van der Waals surface area contributed by atoms with Crippen LogP contribution >= 0.6 is 0 Å². The predicted octanol–water partition coefficient (Wildman–Crippen LogP) is 3.96. The SMILES string of the molecule is CN(C(=O)CCCCCCCC(=O)O)C1=CCC=C(F)C=C1. The Morgan fingerprint density at radius 1 is 1.09 bits per heavy atom. The molecule has 1 aliphatic rings. The van der Waals surface area contributed by atoms with Gasteiger partial charge in [-0.05, 0) is 37.5 Å². The molecule has 0 unspecified atom stereocenters. The number of rotatable bonds is 9. The first-order chi connectivity index (χ1) is 10.5. The van der Waals surface area contributed by atoms with Crippen molar-refractivity contribution in [2.45, 2.75) is 51.4 Å². The average molecular weight is 309 g/mol. The largest absolute Gasteiger partial charge is 0.481 e. The van der Waals surface area contributed by atoms with E-state index in [9.17, 15) is 14.0 Å². The third-order valence-corrected chi connectivity index (χ3v) is 3.60. The summed E-state index contributed by atoms with van der Waals surface area (Å²) in [6.45, 7) is 0. The Balaban J connectivity index is 2.21. The maximum atomic E-state index is 13.1. The summed E-state index contributed by atoms with van der Waals surface area (Å²) in [7, 11) is 1.70.